The monoisotopic (exact) mass is 475 g/mol. The zero-order chi connectivity index (χ0) is 23.8. The molecule has 0 aliphatic heterocycles. The number of thiazole rings is 1. The zero-order valence-corrected chi connectivity index (χ0v) is 18.8. The number of hydrogen-bond acceptors (Lipinski definition) is 6. The third kappa shape index (κ3) is 5.25. The number of nitrogens with zero attached hydrogens (tertiary/aromatic N) is 4. The van der Waals surface area contributed by atoms with Gasteiger partial charge in [-0.15, -0.1) is 13.2 Å². The molecule has 2 aromatic heterocycles. The fraction of sp³-hybridized carbons (Fsp3) is 0.227. The van der Waals surface area contributed by atoms with Crippen molar-refractivity contribution in [3.63, 3.8) is 0 Å². The molecule has 4 rings (SSSR count). The Morgan fingerprint density at radius 1 is 1.18 bits per heavy atom. The molecule has 172 valence electrons. The van der Waals surface area contributed by atoms with Gasteiger partial charge in [0.05, 0.1) is 22.6 Å². The molecular weight excluding hydrogens is 455 g/mol. The number of halogens is 3. The number of rotatable bonds is 6. The van der Waals surface area contributed by atoms with Crippen molar-refractivity contribution in [2.45, 2.75) is 20.2 Å². The van der Waals surface area contributed by atoms with E-state index in [1.54, 1.807) is 16.6 Å². The van der Waals surface area contributed by atoms with E-state index in [9.17, 15) is 18.0 Å². The van der Waals surface area contributed by atoms with Crippen LogP contribution in [-0.4, -0.2) is 40.6 Å². The topological polar surface area (TPSA) is 72.3 Å². The second kappa shape index (κ2) is 8.74. The summed E-state index contributed by atoms with van der Waals surface area (Å²) in [7, 11) is 1.75. The number of benzene rings is 2. The number of nitrogens with one attached hydrogen (secondary N) is 1. The first kappa shape index (κ1) is 22.6. The first-order valence-corrected chi connectivity index (χ1v) is 10.7. The molecule has 1 amide bonds. The minimum atomic E-state index is -4.76. The van der Waals surface area contributed by atoms with Gasteiger partial charge in [0, 0.05) is 12.7 Å². The Labute approximate surface area is 191 Å². The molecule has 7 nitrogen and oxygen atoms in total. The molecule has 0 saturated heterocycles. The van der Waals surface area contributed by atoms with Crippen LogP contribution < -0.4 is 15.0 Å². The Balaban J connectivity index is 1.46. The van der Waals surface area contributed by atoms with Crippen LogP contribution in [-0.2, 0) is 4.79 Å². The van der Waals surface area contributed by atoms with Gasteiger partial charge in [0.1, 0.15) is 5.75 Å². The van der Waals surface area contributed by atoms with Gasteiger partial charge in [0.25, 0.3) is 0 Å². The fourth-order valence-electron chi connectivity index (χ4n) is 3.25. The van der Waals surface area contributed by atoms with Gasteiger partial charge in [-0.05, 0) is 55.8 Å². The average Bonchev–Trinajstić information content (AvgIpc) is 3.29. The second-order valence-electron chi connectivity index (χ2n) is 7.46. The number of alkyl halides is 3. The standard InChI is InChI=1S/C22H20F3N5O2S/c1-13-5-4-6-16(11-13)30-20-19(14(2)28-30)33-21(27-20)29(3)12-18(31)26-15-7-9-17(10-8-15)32-22(23,24)25/h4-11H,12H2,1-3H3,(H,26,31). The van der Waals surface area contributed by atoms with E-state index in [0.29, 0.717) is 16.5 Å². The molecule has 0 fully saturated rings. The lowest BCUT2D eigenvalue weighted by atomic mass is 10.2. The maximum absolute atomic E-state index is 12.5. The van der Waals surface area contributed by atoms with Gasteiger partial charge in [-0.3, -0.25) is 4.79 Å². The van der Waals surface area contributed by atoms with Crippen molar-refractivity contribution >= 4 is 38.4 Å². The van der Waals surface area contributed by atoms with Crippen LogP contribution in [0.1, 0.15) is 11.3 Å². The molecule has 0 spiro atoms. The predicted octanol–water partition coefficient (Wildman–Crippen LogP) is 5.07. The van der Waals surface area contributed by atoms with Crippen LogP contribution in [0.25, 0.3) is 16.0 Å². The van der Waals surface area contributed by atoms with E-state index in [2.05, 4.69) is 20.1 Å². The number of fused-ring (bicyclic) bond motifs is 1. The highest BCUT2D eigenvalue weighted by molar-refractivity contribution is 7.22. The minimum absolute atomic E-state index is 0.00777. The lowest BCUT2D eigenvalue weighted by Gasteiger charge is -2.15. The number of aromatic nitrogens is 3. The van der Waals surface area contributed by atoms with Gasteiger partial charge in [-0.25, -0.2) is 4.68 Å². The van der Waals surface area contributed by atoms with E-state index in [4.69, 9.17) is 0 Å². The van der Waals surface area contributed by atoms with Gasteiger partial charge >= 0.3 is 6.36 Å². The van der Waals surface area contributed by atoms with E-state index in [-0.39, 0.29) is 18.2 Å². The largest absolute Gasteiger partial charge is 0.573 e. The lowest BCUT2D eigenvalue weighted by Crippen LogP contribution is -2.30. The molecule has 0 bridgehead atoms. The van der Waals surface area contributed by atoms with Crippen molar-refractivity contribution in [2.75, 3.05) is 23.8 Å². The van der Waals surface area contributed by atoms with Crippen LogP contribution >= 0.6 is 11.3 Å². The molecule has 0 aliphatic rings. The number of carbonyl (C=O) groups excluding carboxylic acids is 1. The fourth-order valence-corrected chi connectivity index (χ4v) is 4.20. The van der Waals surface area contributed by atoms with Crippen molar-refractivity contribution < 1.29 is 22.7 Å². The highest BCUT2D eigenvalue weighted by atomic mass is 32.1. The first-order chi connectivity index (χ1) is 15.6. The van der Waals surface area contributed by atoms with Crippen LogP contribution in [0.3, 0.4) is 0 Å². The number of likely N-dealkylation sites (N-methyl/N-ethyl adjacent to an activating group) is 1. The summed E-state index contributed by atoms with van der Waals surface area (Å²) in [5, 5.41) is 7.90. The molecule has 0 unspecified atom stereocenters. The maximum Gasteiger partial charge on any atom is 0.573 e. The number of amides is 1. The molecule has 0 aliphatic carbocycles. The summed E-state index contributed by atoms with van der Waals surface area (Å²) in [5.41, 5.74) is 3.93. The Hall–Kier alpha value is -3.60. The summed E-state index contributed by atoms with van der Waals surface area (Å²) < 4.78 is 43.3. The number of ether oxygens (including phenoxy) is 1. The molecule has 0 atom stereocenters. The van der Waals surface area contributed by atoms with Crippen LogP contribution in [0, 0.1) is 13.8 Å². The summed E-state index contributed by atoms with van der Waals surface area (Å²) in [5.74, 6) is -0.691. The van der Waals surface area contributed by atoms with E-state index in [1.165, 1.54) is 23.5 Å². The van der Waals surface area contributed by atoms with E-state index < -0.39 is 6.36 Å². The average molecular weight is 475 g/mol. The summed E-state index contributed by atoms with van der Waals surface area (Å²) in [4.78, 5) is 18.8. The predicted molar refractivity (Wildman–Crippen MR) is 121 cm³/mol. The van der Waals surface area contributed by atoms with Crippen molar-refractivity contribution in [1.29, 1.82) is 0 Å². The van der Waals surface area contributed by atoms with Gasteiger partial charge in [0.2, 0.25) is 5.91 Å². The third-order valence-corrected chi connectivity index (χ3v) is 5.97. The number of aryl methyl sites for hydroxylation is 2. The smallest absolute Gasteiger partial charge is 0.406 e. The minimum Gasteiger partial charge on any atom is -0.406 e. The quantitative estimate of drug-likeness (QED) is 0.422. The Kier molecular flexibility index (Phi) is 5.98. The van der Waals surface area contributed by atoms with Crippen LogP contribution in [0.5, 0.6) is 5.75 Å². The third-order valence-electron chi connectivity index (χ3n) is 4.70. The molecule has 0 radical (unpaired) electrons. The molecule has 33 heavy (non-hydrogen) atoms. The normalized spacial score (nSPS) is 11.6. The molecule has 4 aromatic rings. The van der Waals surface area contributed by atoms with E-state index in [0.717, 1.165) is 33.8 Å². The summed E-state index contributed by atoms with van der Waals surface area (Å²) >= 11 is 1.44. The molecule has 0 saturated carbocycles. The van der Waals surface area contributed by atoms with Crippen molar-refractivity contribution in [2.24, 2.45) is 0 Å². The van der Waals surface area contributed by atoms with Crippen LogP contribution in [0.4, 0.5) is 24.0 Å². The number of carbonyl (C=O) groups is 1. The number of hydrogen-bond donors (Lipinski definition) is 1. The lowest BCUT2D eigenvalue weighted by molar-refractivity contribution is -0.274. The highest BCUT2D eigenvalue weighted by Crippen LogP contribution is 2.32. The van der Waals surface area contributed by atoms with Crippen molar-refractivity contribution in [3.8, 4) is 11.4 Å². The summed E-state index contributed by atoms with van der Waals surface area (Å²) in [6.45, 7) is 3.93. The van der Waals surface area contributed by atoms with Gasteiger partial charge in [0.15, 0.2) is 10.8 Å². The Morgan fingerprint density at radius 2 is 1.91 bits per heavy atom. The number of anilines is 2. The van der Waals surface area contributed by atoms with E-state index >= 15 is 0 Å². The molecular formula is C22H20F3N5O2S. The van der Waals surface area contributed by atoms with Gasteiger partial charge in [-0.2, -0.15) is 10.1 Å². The SMILES string of the molecule is Cc1cccc(-n2nc(C)c3sc(N(C)CC(=O)Nc4ccc(OC(F)(F)F)cc4)nc32)c1. The van der Waals surface area contributed by atoms with Gasteiger partial charge < -0.3 is 15.0 Å². The van der Waals surface area contributed by atoms with E-state index in [1.807, 2.05) is 38.1 Å². The second-order valence-corrected chi connectivity index (χ2v) is 8.44. The molecule has 2 heterocycles. The van der Waals surface area contributed by atoms with Crippen molar-refractivity contribution in [1.82, 2.24) is 14.8 Å². The first-order valence-electron chi connectivity index (χ1n) is 9.89. The highest BCUT2D eigenvalue weighted by Gasteiger charge is 2.31. The van der Waals surface area contributed by atoms with Crippen LogP contribution in [0.15, 0.2) is 48.5 Å². The zero-order valence-electron chi connectivity index (χ0n) is 18.0. The van der Waals surface area contributed by atoms with Gasteiger partial charge in [-0.1, -0.05) is 23.5 Å². The molecule has 2 aromatic carbocycles. The van der Waals surface area contributed by atoms with Crippen LogP contribution in [0.2, 0.25) is 0 Å². The maximum atomic E-state index is 12.5. The Morgan fingerprint density at radius 3 is 2.58 bits per heavy atom. The van der Waals surface area contributed by atoms with Crippen molar-refractivity contribution in [3.05, 3.63) is 59.8 Å². The summed E-state index contributed by atoms with van der Waals surface area (Å²) in [6, 6.07) is 12.9. The summed E-state index contributed by atoms with van der Waals surface area (Å²) in [6.07, 6.45) is -4.76. The molecule has 11 heteroatoms. The molecule has 1 N–H and O–H groups in total. The Bertz CT molecular complexity index is 1300.